The van der Waals surface area contributed by atoms with Gasteiger partial charge >= 0.3 is 0 Å². The molecule has 156 valence electrons. The monoisotopic (exact) mass is 421 g/mol. The van der Waals surface area contributed by atoms with Crippen LogP contribution < -0.4 is 5.32 Å². The summed E-state index contributed by atoms with van der Waals surface area (Å²) in [5, 5.41) is 8.65. The molecule has 0 unspecified atom stereocenters. The van der Waals surface area contributed by atoms with Crippen LogP contribution in [0, 0.1) is 0 Å². The third kappa shape index (κ3) is 2.51. The van der Waals surface area contributed by atoms with Crippen molar-refractivity contribution in [1.82, 2.24) is 24.2 Å². The number of rotatable bonds is 3. The molecule has 4 heterocycles. The molecule has 0 bridgehead atoms. The van der Waals surface area contributed by atoms with Crippen molar-refractivity contribution >= 4 is 44.8 Å². The topological polar surface area (TPSA) is 73.8 Å². The summed E-state index contributed by atoms with van der Waals surface area (Å²) in [6.45, 7) is 0. The number of carbonyl (C=O) groups excluding carboxylic acids is 2. The molecular weight excluding hydrogens is 402 g/mol. The molecule has 0 saturated carbocycles. The van der Waals surface area contributed by atoms with Gasteiger partial charge in [0.2, 0.25) is 0 Å². The van der Waals surface area contributed by atoms with Crippen molar-refractivity contribution in [3.05, 3.63) is 84.4 Å². The first-order valence-electron chi connectivity index (χ1n) is 10.3. The van der Waals surface area contributed by atoms with Crippen molar-refractivity contribution in [2.24, 2.45) is 14.1 Å². The zero-order valence-corrected chi connectivity index (χ0v) is 17.5. The molecule has 0 saturated heterocycles. The summed E-state index contributed by atoms with van der Waals surface area (Å²) in [7, 11) is 3.88. The van der Waals surface area contributed by atoms with Crippen LogP contribution in [0.5, 0.6) is 0 Å². The summed E-state index contributed by atoms with van der Waals surface area (Å²) in [5.74, 6) is -0.742. The van der Waals surface area contributed by atoms with Crippen LogP contribution >= 0.6 is 0 Å². The van der Waals surface area contributed by atoms with Crippen LogP contribution in [0.2, 0.25) is 0 Å². The fraction of sp³-hybridized carbons (Fsp3) is 0.0800. The van der Waals surface area contributed by atoms with Crippen molar-refractivity contribution < 1.29 is 9.59 Å². The SMILES string of the molecule is Cn1cc(C2=C(c3cn(C)c4cc(-n5cccn5)ccc34)C(=O)NC2=O)c2ccccc21. The standard InChI is InChI=1S/C25H19N5O2/c1-28-13-18(16-6-3-4-7-20(16)28)22-23(25(32)27-24(22)31)19-14-29(2)21-12-15(8-9-17(19)21)30-11-5-10-26-30/h3-14H,1-2H3,(H,27,31,32). The minimum absolute atomic E-state index is 0.369. The van der Waals surface area contributed by atoms with Crippen LogP contribution in [0.4, 0.5) is 0 Å². The van der Waals surface area contributed by atoms with Crippen LogP contribution in [0.1, 0.15) is 11.1 Å². The maximum Gasteiger partial charge on any atom is 0.259 e. The first kappa shape index (κ1) is 18.4. The summed E-state index contributed by atoms with van der Waals surface area (Å²) >= 11 is 0. The number of imide groups is 1. The van der Waals surface area contributed by atoms with E-state index in [0.29, 0.717) is 11.1 Å². The minimum atomic E-state index is -0.374. The molecule has 1 aliphatic heterocycles. The Labute approximate surface area is 183 Å². The van der Waals surface area contributed by atoms with Gasteiger partial charge in [0.1, 0.15) is 0 Å². The normalized spacial score (nSPS) is 14.2. The van der Waals surface area contributed by atoms with E-state index in [2.05, 4.69) is 10.4 Å². The summed E-state index contributed by atoms with van der Waals surface area (Å²) < 4.78 is 5.74. The maximum atomic E-state index is 13.0. The number of aromatic nitrogens is 4. The average molecular weight is 421 g/mol. The Bertz CT molecular complexity index is 1600. The Balaban J connectivity index is 1.62. The molecule has 32 heavy (non-hydrogen) atoms. The molecule has 0 spiro atoms. The number of benzene rings is 2. The van der Waals surface area contributed by atoms with E-state index < -0.39 is 0 Å². The lowest BCUT2D eigenvalue weighted by atomic mass is 9.95. The van der Waals surface area contributed by atoms with Gasteiger partial charge in [0.05, 0.1) is 22.4 Å². The van der Waals surface area contributed by atoms with E-state index in [1.807, 2.05) is 90.4 Å². The molecular formula is C25H19N5O2. The number of hydrogen-bond donors (Lipinski definition) is 1. The van der Waals surface area contributed by atoms with E-state index in [1.54, 1.807) is 10.9 Å². The lowest BCUT2D eigenvalue weighted by Gasteiger charge is -2.05. The van der Waals surface area contributed by atoms with E-state index in [0.717, 1.165) is 38.6 Å². The molecule has 0 aliphatic carbocycles. The predicted octanol–water partition coefficient (Wildman–Crippen LogP) is 3.42. The summed E-state index contributed by atoms with van der Waals surface area (Å²) in [6.07, 6.45) is 7.45. The Hall–Kier alpha value is -4.39. The van der Waals surface area contributed by atoms with Gasteiger partial charge in [-0.2, -0.15) is 5.10 Å². The van der Waals surface area contributed by atoms with Gasteiger partial charge in [0.15, 0.2) is 0 Å². The molecule has 3 aromatic heterocycles. The molecule has 1 N–H and O–H groups in total. The smallest absolute Gasteiger partial charge is 0.259 e. The first-order chi connectivity index (χ1) is 15.5. The Morgan fingerprint density at radius 3 is 2.12 bits per heavy atom. The third-order valence-electron chi connectivity index (χ3n) is 6.11. The highest BCUT2D eigenvalue weighted by molar-refractivity contribution is 6.50. The van der Waals surface area contributed by atoms with Crippen molar-refractivity contribution in [2.75, 3.05) is 0 Å². The Morgan fingerprint density at radius 2 is 1.44 bits per heavy atom. The van der Waals surface area contributed by atoms with Crippen LogP contribution in [0.3, 0.4) is 0 Å². The van der Waals surface area contributed by atoms with Crippen LogP contribution in [0.25, 0.3) is 38.6 Å². The second-order valence-corrected chi connectivity index (χ2v) is 8.01. The third-order valence-corrected chi connectivity index (χ3v) is 6.11. The average Bonchev–Trinajstić information content (AvgIpc) is 3.55. The quantitative estimate of drug-likeness (QED) is 0.454. The largest absolute Gasteiger partial charge is 0.350 e. The lowest BCUT2D eigenvalue weighted by molar-refractivity contribution is -0.122. The minimum Gasteiger partial charge on any atom is -0.350 e. The van der Waals surface area contributed by atoms with Gasteiger partial charge in [-0.3, -0.25) is 14.9 Å². The second-order valence-electron chi connectivity index (χ2n) is 8.01. The Kier molecular flexibility index (Phi) is 3.76. The highest BCUT2D eigenvalue weighted by Gasteiger charge is 2.35. The van der Waals surface area contributed by atoms with Gasteiger partial charge < -0.3 is 9.13 Å². The number of aryl methyl sites for hydroxylation is 2. The van der Waals surface area contributed by atoms with Gasteiger partial charge in [-0.15, -0.1) is 0 Å². The van der Waals surface area contributed by atoms with Crippen LogP contribution in [-0.4, -0.2) is 30.7 Å². The highest BCUT2D eigenvalue weighted by Crippen LogP contribution is 2.38. The van der Waals surface area contributed by atoms with Crippen molar-refractivity contribution in [3.63, 3.8) is 0 Å². The summed E-state index contributed by atoms with van der Waals surface area (Å²) in [4.78, 5) is 26.0. The van der Waals surface area contributed by atoms with Gasteiger partial charge in [-0.1, -0.05) is 24.3 Å². The molecule has 5 aromatic rings. The number of nitrogens with zero attached hydrogens (tertiary/aromatic N) is 4. The maximum absolute atomic E-state index is 13.0. The number of carbonyl (C=O) groups is 2. The predicted molar refractivity (Wildman–Crippen MR) is 123 cm³/mol. The zero-order valence-electron chi connectivity index (χ0n) is 17.5. The van der Waals surface area contributed by atoms with Crippen molar-refractivity contribution in [1.29, 1.82) is 0 Å². The molecule has 0 atom stereocenters. The second kappa shape index (κ2) is 6.55. The summed E-state index contributed by atoms with van der Waals surface area (Å²) in [6, 6.07) is 15.7. The molecule has 2 amide bonds. The van der Waals surface area contributed by atoms with Crippen LogP contribution in [-0.2, 0) is 23.7 Å². The number of hydrogen-bond acceptors (Lipinski definition) is 3. The zero-order chi connectivity index (χ0) is 22.0. The van der Waals surface area contributed by atoms with E-state index in [-0.39, 0.29) is 11.8 Å². The molecule has 6 rings (SSSR count). The van der Waals surface area contributed by atoms with Crippen LogP contribution in [0.15, 0.2) is 73.3 Å². The van der Waals surface area contributed by atoms with E-state index in [9.17, 15) is 9.59 Å². The molecule has 7 nitrogen and oxygen atoms in total. The fourth-order valence-corrected chi connectivity index (χ4v) is 4.65. The van der Waals surface area contributed by atoms with Gasteiger partial charge in [-0.25, -0.2) is 4.68 Å². The summed E-state index contributed by atoms with van der Waals surface area (Å²) in [5.41, 5.74) is 5.19. The molecule has 0 fully saturated rings. The highest BCUT2D eigenvalue weighted by atomic mass is 16.2. The van der Waals surface area contributed by atoms with E-state index in [1.165, 1.54) is 0 Å². The lowest BCUT2D eigenvalue weighted by Crippen LogP contribution is -2.22. The molecule has 2 aromatic carbocycles. The van der Waals surface area contributed by atoms with Gasteiger partial charge in [0.25, 0.3) is 11.8 Å². The number of para-hydroxylation sites is 1. The van der Waals surface area contributed by atoms with E-state index in [4.69, 9.17) is 0 Å². The van der Waals surface area contributed by atoms with Gasteiger partial charge in [0, 0.05) is 66.3 Å². The number of amides is 2. The number of nitrogens with one attached hydrogen (secondary N) is 1. The molecule has 0 radical (unpaired) electrons. The molecule has 1 aliphatic rings. The Morgan fingerprint density at radius 1 is 0.781 bits per heavy atom. The number of fused-ring (bicyclic) bond motifs is 2. The molecule has 7 heteroatoms. The van der Waals surface area contributed by atoms with Crippen molar-refractivity contribution in [2.45, 2.75) is 0 Å². The first-order valence-corrected chi connectivity index (χ1v) is 10.3. The fourth-order valence-electron chi connectivity index (χ4n) is 4.65. The van der Waals surface area contributed by atoms with Gasteiger partial charge in [-0.05, 0) is 24.3 Å². The van der Waals surface area contributed by atoms with Crippen molar-refractivity contribution in [3.8, 4) is 5.69 Å². The van der Waals surface area contributed by atoms with E-state index >= 15 is 0 Å².